The first-order valence-corrected chi connectivity index (χ1v) is 11.5. The van der Waals surface area contributed by atoms with Crippen molar-refractivity contribution in [3.8, 4) is 0 Å². The Balaban J connectivity index is 1.51. The SMILES string of the molecule is CCCn1c(=O)n(C[NH+]2CCN(S(=O)(=O)c3ccccc3)CC2)c2ccccc21. The van der Waals surface area contributed by atoms with Gasteiger partial charge in [0.2, 0.25) is 10.0 Å². The predicted octanol–water partition coefficient (Wildman–Crippen LogP) is 0.760. The molecule has 0 amide bonds. The van der Waals surface area contributed by atoms with Crippen molar-refractivity contribution in [1.82, 2.24) is 13.4 Å². The Morgan fingerprint density at radius 2 is 1.48 bits per heavy atom. The van der Waals surface area contributed by atoms with Crippen molar-refractivity contribution in [3.63, 3.8) is 0 Å². The molecule has 0 unspecified atom stereocenters. The molecule has 2 aromatic carbocycles. The van der Waals surface area contributed by atoms with Crippen molar-refractivity contribution in [2.45, 2.75) is 31.5 Å². The van der Waals surface area contributed by atoms with Gasteiger partial charge < -0.3 is 4.90 Å². The number of imidazole rings is 1. The van der Waals surface area contributed by atoms with Crippen LogP contribution in [0.3, 0.4) is 0 Å². The van der Waals surface area contributed by atoms with Crippen LogP contribution < -0.4 is 10.6 Å². The summed E-state index contributed by atoms with van der Waals surface area (Å²) >= 11 is 0. The molecule has 0 aliphatic carbocycles. The number of para-hydroxylation sites is 2. The van der Waals surface area contributed by atoms with Crippen LogP contribution in [-0.2, 0) is 23.2 Å². The quantitative estimate of drug-likeness (QED) is 0.646. The van der Waals surface area contributed by atoms with E-state index in [9.17, 15) is 13.2 Å². The first-order valence-electron chi connectivity index (χ1n) is 10.1. The van der Waals surface area contributed by atoms with E-state index in [1.807, 2.05) is 39.5 Å². The number of piperazine rings is 1. The molecule has 1 saturated heterocycles. The molecule has 1 aromatic heterocycles. The van der Waals surface area contributed by atoms with E-state index in [2.05, 4.69) is 6.92 Å². The van der Waals surface area contributed by atoms with E-state index in [4.69, 9.17) is 0 Å². The van der Waals surface area contributed by atoms with Gasteiger partial charge in [0, 0.05) is 6.54 Å². The number of fused-ring (bicyclic) bond motifs is 1. The van der Waals surface area contributed by atoms with Crippen LogP contribution >= 0.6 is 0 Å². The minimum absolute atomic E-state index is 0.0138. The van der Waals surface area contributed by atoms with Crippen LogP contribution in [0.5, 0.6) is 0 Å². The van der Waals surface area contributed by atoms with Crippen LogP contribution in [0.2, 0.25) is 0 Å². The van der Waals surface area contributed by atoms with Crippen molar-refractivity contribution < 1.29 is 13.3 Å². The van der Waals surface area contributed by atoms with E-state index in [0.717, 1.165) is 17.5 Å². The third-order valence-electron chi connectivity index (χ3n) is 5.56. The van der Waals surface area contributed by atoms with Crippen LogP contribution in [-0.4, -0.2) is 48.0 Å². The second-order valence-corrected chi connectivity index (χ2v) is 9.41. The number of aryl methyl sites for hydroxylation is 1. The second kappa shape index (κ2) is 8.14. The maximum absolute atomic E-state index is 13.0. The predicted molar refractivity (Wildman–Crippen MR) is 112 cm³/mol. The molecule has 29 heavy (non-hydrogen) atoms. The van der Waals surface area contributed by atoms with Crippen molar-refractivity contribution >= 4 is 21.1 Å². The van der Waals surface area contributed by atoms with Gasteiger partial charge in [-0.15, -0.1) is 0 Å². The van der Waals surface area contributed by atoms with Gasteiger partial charge in [-0.2, -0.15) is 4.31 Å². The Morgan fingerprint density at radius 1 is 0.897 bits per heavy atom. The van der Waals surface area contributed by atoms with Gasteiger partial charge in [0.1, 0.15) is 0 Å². The fourth-order valence-electron chi connectivity index (χ4n) is 4.03. The average molecular weight is 416 g/mol. The molecule has 2 heterocycles. The molecule has 8 heteroatoms. The number of benzene rings is 2. The largest absolute Gasteiger partial charge is 0.333 e. The summed E-state index contributed by atoms with van der Waals surface area (Å²) in [5.41, 5.74) is 1.92. The maximum atomic E-state index is 13.0. The molecule has 1 aliphatic rings. The van der Waals surface area contributed by atoms with Gasteiger partial charge in [-0.25, -0.2) is 17.8 Å². The molecule has 7 nitrogen and oxygen atoms in total. The first-order chi connectivity index (χ1) is 14.0. The molecule has 0 bridgehead atoms. The average Bonchev–Trinajstić information content (AvgIpc) is 3.01. The molecule has 4 rings (SSSR count). The third kappa shape index (κ3) is 3.75. The Hall–Kier alpha value is -2.42. The molecule has 1 N–H and O–H groups in total. The Labute approximate surface area is 170 Å². The molecule has 3 aromatic rings. The van der Waals surface area contributed by atoms with Gasteiger partial charge in [-0.05, 0) is 30.7 Å². The Kier molecular flexibility index (Phi) is 5.58. The zero-order valence-electron chi connectivity index (χ0n) is 16.6. The van der Waals surface area contributed by atoms with Crippen molar-refractivity contribution in [2.24, 2.45) is 0 Å². The molecular formula is C21H27N4O3S+. The lowest BCUT2D eigenvalue weighted by molar-refractivity contribution is -0.926. The Morgan fingerprint density at radius 3 is 2.10 bits per heavy atom. The van der Waals surface area contributed by atoms with E-state index in [-0.39, 0.29) is 5.69 Å². The molecule has 0 saturated carbocycles. The number of sulfonamides is 1. The lowest BCUT2D eigenvalue weighted by Crippen LogP contribution is -3.14. The fourth-order valence-corrected chi connectivity index (χ4v) is 5.49. The second-order valence-electron chi connectivity index (χ2n) is 7.48. The monoisotopic (exact) mass is 415 g/mol. The lowest BCUT2D eigenvalue weighted by atomic mass is 10.3. The zero-order chi connectivity index (χ0) is 20.4. The molecule has 1 aliphatic heterocycles. The van der Waals surface area contributed by atoms with Gasteiger partial charge in [-0.3, -0.25) is 4.57 Å². The number of hydrogen-bond donors (Lipinski definition) is 1. The summed E-state index contributed by atoms with van der Waals surface area (Å²) < 4.78 is 30.9. The number of hydrogen-bond acceptors (Lipinski definition) is 3. The molecule has 0 radical (unpaired) electrons. The van der Waals surface area contributed by atoms with Gasteiger partial charge in [0.15, 0.2) is 6.67 Å². The molecule has 0 atom stereocenters. The smallest absolute Gasteiger partial charge is 0.315 e. The van der Waals surface area contributed by atoms with Crippen molar-refractivity contribution in [3.05, 3.63) is 65.1 Å². The highest BCUT2D eigenvalue weighted by molar-refractivity contribution is 7.89. The van der Waals surface area contributed by atoms with E-state index in [1.165, 1.54) is 4.90 Å². The molecule has 154 valence electrons. The number of aromatic nitrogens is 2. The van der Waals surface area contributed by atoms with Crippen molar-refractivity contribution in [1.29, 1.82) is 0 Å². The van der Waals surface area contributed by atoms with Gasteiger partial charge in [-0.1, -0.05) is 37.3 Å². The summed E-state index contributed by atoms with van der Waals surface area (Å²) in [6.45, 7) is 5.57. The van der Waals surface area contributed by atoms with Crippen LogP contribution in [0.15, 0.2) is 64.3 Å². The van der Waals surface area contributed by atoms with Gasteiger partial charge in [0.05, 0.1) is 42.1 Å². The summed E-state index contributed by atoms with van der Waals surface area (Å²) in [5, 5.41) is 0. The van der Waals surface area contributed by atoms with Crippen LogP contribution in [0.1, 0.15) is 13.3 Å². The highest BCUT2D eigenvalue weighted by Crippen LogP contribution is 2.15. The zero-order valence-corrected chi connectivity index (χ0v) is 17.4. The van der Waals surface area contributed by atoms with Gasteiger partial charge >= 0.3 is 5.69 Å². The summed E-state index contributed by atoms with van der Waals surface area (Å²) in [6, 6.07) is 16.5. The third-order valence-corrected chi connectivity index (χ3v) is 7.48. The lowest BCUT2D eigenvalue weighted by Gasteiger charge is -2.31. The standard InChI is InChI=1S/C21H26N4O3S/c1-2-12-24-19-10-6-7-11-20(19)25(21(24)26)17-22-13-15-23(16-14-22)29(27,28)18-8-4-3-5-9-18/h3-11H,2,12-17H2,1H3/p+1. The minimum atomic E-state index is -3.46. The fraction of sp³-hybridized carbons (Fsp3) is 0.381. The summed E-state index contributed by atoms with van der Waals surface area (Å²) in [5.74, 6) is 0. The summed E-state index contributed by atoms with van der Waals surface area (Å²) in [4.78, 5) is 14.5. The molecule has 0 spiro atoms. The highest BCUT2D eigenvalue weighted by atomic mass is 32.2. The Bertz CT molecular complexity index is 1140. The summed E-state index contributed by atoms with van der Waals surface area (Å²) in [7, 11) is -3.46. The molecule has 1 fully saturated rings. The number of nitrogens with zero attached hydrogens (tertiary/aromatic N) is 3. The normalized spacial score (nSPS) is 16.4. The first kappa shape index (κ1) is 19.9. The van der Waals surface area contributed by atoms with Crippen molar-refractivity contribution in [2.75, 3.05) is 26.2 Å². The summed E-state index contributed by atoms with van der Waals surface area (Å²) in [6.07, 6.45) is 0.900. The van der Waals surface area contributed by atoms with E-state index in [1.54, 1.807) is 28.6 Å². The topological polar surface area (TPSA) is 68.8 Å². The minimum Gasteiger partial charge on any atom is -0.315 e. The maximum Gasteiger partial charge on any atom is 0.333 e. The number of quaternary nitrogens is 1. The number of nitrogens with one attached hydrogen (secondary N) is 1. The number of rotatable bonds is 6. The van der Waals surface area contributed by atoms with E-state index < -0.39 is 10.0 Å². The van der Waals surface area contributed by atoms with E-state index in [0.29, 0.717) is 44.3 Å². The van der Waals surface area contributed by atoms with Crippen LogP contribution in [0, 0.1) is 0 Å². The van der Waals surface area contributed by atoms with Crippen LogP contribution in [0.4, 0.5) is 0 Å². The van der Waals surface area contributed by atoms with E-state index >= 15 is 0 Å². The molecular weight excluding hydrogens is 388 g/mol. The van der Waals surface area contributed by atoms with Gasteiger partial charge in [0.25, 0.3) is 0 Å². The highest BCUT2D eigenvalue weighted by Gasteiger charge is 2.30. The van der Waals surface area contributed by atoms with Crippen LogP contribution in [0.25, 0.3) is 11.0 Å².